The summed E-state index contributed by atoms with van der Waals surface area (Å²) in [4.78, 5) is 13.7. The van der Waals surface area contributed by atoms with Crippen LogP contribution in [0.25, 0.3) is 0 Å². The Bertz CT molecular complexity index is 1550. The van der Waals surface area contributed by atoms with Gasteiger partial charge in [0.05, 0.1) is 49.7 Å². The number of hydrogen-bond acceptors (Lipinski definition) is 19. The van der Waals surface area contributed by atoms with Crippen LogP contribution in [-0.2, 0) is 38.0 Å². The summed E-state index contributed by atoms with van der Waals surface area (Å²) in [6.07, 6.45) is -17.3. The van der Waals surface area contributed by atoms with Gasteiger partial charge in [-0.15, -0.1) is 0 Å². The quantitative estimate of drug-likeness (QED) is 0.0528. The Labute approximate surface area is 355 Å². The summed E-state index contributed by atoms with van der Waals surface area (Å²) in [5.74, 6) is -0.955. The van der Waals surface area contributed by atoms with E-state index in [9.17, 15) is 61.0 Å². The molecule has 3 heterocycles. The highest BCUT2D eigenvalue weighted by atomic mass is 16.8. The first-order valence-corrected chi connectivity index (χ1v) is 21.8. The third kappa shape index (κ3) is 8.15. The first-order chi connectivity index (χ1) is 28.8. The fourth-order valence-electron chi connectivity index (χ4n) is 12.7. The number of fused-ring (bicyclic) bond motifs is 3. The van der Waals surface area contributed by atoms with E-state index in [1.807, 2.05) is 6.92 Å². The average molecular weight is 877 g/mol. The molecule has 7 aliphatic rings. The second-order valence-electron chi connectivity index (χ2n) is 19.5. The number of hydrogen-bond donors (Lipinski definition) is 11. The van der Waals surface area contributed by atoms with Crippen molar-refractivity contribution in [2.75, 3.05) is 33.0 Å². The molecule has 4 aliphatic carbocycles. The molecule has 7 fully saturated rings. The van der Waals surface area contributed by atoms with Gasteiger partial charge in [0.25, 0.3) is 0 Å². The second kappa shape index (κ2) is 18.1. The maximum atomic E-state index is 13.7. The van der Waals surface area contributed by atoms with E-state index in [4.69, 9.17) is 33.2 Å². The van der Waals surface area contributed by atoms with Gasteiger partial charge in [-0.05, 0) is 86.5 Å². The maximum absolute atomic E-state index is 13.7. The van der Waals surface area contributed by atoms with Crippen LogP contribution in [0.5, 0.6) is 0 Å². The van der Waals surface area contributed by atoms with Crippen LogP contribution in [-0.4, -0.2) is 193 Å². The molecule has 0 aromatic heterocycles. The van der Waals surface area contributed by atoms with Crippen molar-refractivity contribution in [1.82, 2.24) is 0 Å². The molecule has 19 nitrogen and oxygen atoms in total. The summed E-state index contributed by atoms with van der Waals surface area (Å²) in [5.41, 5.74) is -1.63. The highest BCUT2D eigenvalue weighted by Crippen LogP contribution is 2.73. The molecule has 0 aromatic carbocycles. The van der Waals surface area contributed by atoms with Gasteiger partial charge in [0.15, 0.2) is 18.9 Å². The topological polar surface area (TPSA) is 304 Å². The lowest BCUT2D eigenvalue weighted by Gasteiger charge is -2.64. The molecule has 350 valence electrons. The van der Waals surface area contributed by atoms with Crippen LogP contribution in [0.3, 0.4) is 0 Å². The van der Waals surface area contributed by atoms with Gasteiger partial charge in [-0.1, -0.05) is 26.8 Å². The molecule has 2 bridgehead atoms. The first-order valence-electron chi connectivity index (χ1n) is 21.8. The van der Waals surface area contributed by atoms with Crippen LogP contribution in [0.15, 0.2) is 12.2 Å². The normalized spacial score (nSPS) is 51.6. The molecule has 0 unspecified atom stereocenters. The van der Waals surface area contributed by atoms with Crippen LogP contribution >= 0.6 is 0 Å². The van der Waals surface area contributed by atoms with Crippen molar-refractivity contribution < 1.29 is 94.1 Å². The zero-order chi connectivity index (χ0) is 44.4. The predicted octanol–water partition coefficient (Wildman–Crippen LogP) is -2.29. The van der Waals surface area contributed by atoms with Crippen LogP contribution in [0, 0.1) is 34.0 Å². The lowest BCUT2D eigenvalue weighted by molar-refractivity contribution is -0.398. The third-order valence-corrected chi connectivity index (χ3v) is 16.0. The Morgan fingerprint density at radius 1 is 0.738 bits per heavy atom. The molecule has 22 atom stereocenters. The van der Waals surface area contributed by atoms with Crippen molar-refractivity contribution in [3.05, 3.63) is 12.2 Å². The van der Waals surface area contributed by atoms with Crippen LogP contribution < -0.4 is 0 Å². The molecule has 0 amide bonds. The largest absolute Gasteiger partial charge is 0.462 e. The third-order valence-electron chi connectivity index (χ3n) is 16.0. The number of aliphatic hydroxyl groups is 11. The zero-order valence-electron chi connectivity index (χ0n) is 35.2. The van der Waals surface area contributed by atoms with Gasteiger partial charge in [0, 0.05) is 5.92 Å². The number of carbonyl (C=O) groups is 1. The number of ether oxygens (including phenoxy) is 7. The van der Waals surface area contributed by atoms with Gasteiger partial charge >= 0.3 is 5.97 Å². The van der Waals surface area contributed by atoms with Gasteiger partial charge in [0.1, 0.15) is 67.6 Å². The highest BCUT2D eigenvalue weighted by Gasteiger charge is 2.69. The zero-order valence-corrected chi connectivity index (χ0v) is 35.2. The van der Waals surface area contributed by atoms with E-state index < -0.39 is 135 Å². The van der Waals surface area contributed by atoms with Crippen molar-refractivity contribution in [2.24, 2.45) is 34.0 Å². The molecule has 3 saturated heterocycles. The molecular formula is C42H68O19. The summed E-state index contributed by atoms with van der Waals surface area (Å²) in [6, 6.07) is 0. The molecule has 0 radical (unpaired) electrons. The standard InChI is InChI=1S/C42H68O19/c1-19-12-41-10-6-25-39(3,8-5-9-40(25,4)38(54)55-17-21(47)13-43)26(41)7-11-42(19,18-41)61-37-34(60-36-32(53)30(51)28(49)23(15-45)57-36)33(29(50)24(16-46)58-37)59-35-31(52)27(48)20(2)22(14-44)56-35/h20-37,43-53H,1,5-18H2,2-4H3/t20-,21-,22-,23-,24-,25+,26+,27+,28-,29-,30+,31-,32-,33+,34-,35+,36+,37+,39-,40-,41-,42+/m1/s1. The SMILES string of the molecule is C=C1C[C@@]23CC[C@H]4[C@@](C)(CCC[C@@]4(C)C(=O)OC[C@H](O)CO)[C@@H]2CC[C@]1(O[C@@H]1O[C@H](CO)[C@@H](O)[C@H](O[C@@H]2O[C@H](CO)[C@@H](C)[C@H](O)[C@H]2O)[C@H]1O[C@@H]1O[C@H](CO)[C@@H](O)[C@H](O)[C@H]1O)C3. The average Bonchev–Trinajstić information content (AvgIpc) is 3.44. The minimum absolute atomic E-state index is 0.0163. The van der Waals surface area contributed by atoms with Crippen LogP contribution in [0.1, 0.15) is 78.6 Å². The van der Waals surface area contributed by atoms with Crippen molar-refractivity contribution in [1.29, 1.82) is 0 Å². The molecule has 1 spiro atoms. The van der Waals surface area contributed by atoms with E-state index in [0.29, 0.717) is 38.5 Å². The van der Waals surface area contributed by atoms with Gasteiger partial charge in [-0.2, -0.15) is 0 Å². The van der Waals surface area contributed by atoms with E-state index >= 15 is 0 Å². The van der Waals surface area contributed by atoms with Crippen molar-refractivity contribution >= 4 is 5.97 Å². The fourth-order valence-corrected chi connectivity index (χ4v) is 12.7. The van der Waals surface area contributed by atoms with Crippen LogP contribution in [0.2, 0.25) is 0 Å². The molecule has 61 heavy (non-hydrogen) atoms. The smallest absolute Gasteiger partial charge is 0.312 e. The molecule has 7 rings (SSSR count). The first kappa shape index (κ1) is 47.5. The molecule has 11 N–H and O–H groups in total. The van der Waals surface area contributed by atoms with Gasteiger partial charge in [0.2, 0.25) is 0 Å². The minimum Gasteiger partial charge on any atom is -0.462 e. The Hall–Kier alpha value is -1.47. The summed E-state index contributed by atoms with van der Waals surface area (Å²) >= 11 is 0. The molecule has 4 saturated carbocycles. The predicted molar refractivity (Wildman–Crippen MR) is 206 cm³/mol. The van der Waals surface area contributed by atoms with Crippen LogP contribution in [0.4, 0.5) is 0 Å². The number of rotatable bonds is 13. The number of aliphatic hydroxyl groups excluding tert-OH is 11. The van der Waals surface area contributed by atoms with E-state index in [-0.39, 0.29) is 35.2 Å². The maximum Gasteiger partial charge on any atom is 0.312 e. The monoisotopic (exact) mass is 876 g/mol. The van der Waals surface area contributed by atoms with Gasteiger partial charge in [-0.25, -0.2) is 0 Å². The number of esters is 1. The minimum atomic E-state index is -1.89. The van der Waals surface area contributed by atoms with Crippen molar-refractivity contribution in [3.8, 4) is 0 Å². The highest BCUT2D eigenvalue weighted by molar-refractivity contribution is 5.77. The fraction of sp³-hybridized carbons (Fsp3) is 0.929. The molecule has 3 aliphatic heterocycles. The van der Waals surface area contributed by atoms with Gasteiger partial charge in [-0.3, -0.25) is 4.79 Å². The summed E-state index contributed by atoms with van der Waals surface area (Å²) in [5, 5.41) is 116. The lowest BCUT2D eigenvalue weighted by Crippen LogP contribution is -2.67. The summed E-state index contributed by atoms with van der Waals surface area (Å²) < 4.78 is 42.9. The summed E-state index contributed by atoms with van der Waals surface area (Å²) in [6.45, 7) is 7.47. The lowest BCUT2D eigenvalue weighted by atomic mass is 9.41. The van der Waals surface area contributed by atoms with E-state index in [1.165, 1.54) is 0 Å². The number of carbonyl (C=O) groups excluding carboxylic acids is 1. The Balaban J connectivity index is 1.18. The van der Waals surface area contributed by atoms with E-state index in [0.717, 1.165) is 24.8 Å². The van der Waals surface area contributed by atoms with Crippen molar-refractivity contribution in [3.63, 3.8) is 0 Å². The Morgan fingerprint density at radius 2 is 1.33 bits per heavy atom. The van der Waals surface area contributed by atoms with Gasteiger partial charge < -0.3 is 89.3 Å². The molecular weight excluding hydrogens is 808 g/mol. The van der Waals surface area contributed by atoms with E-state index in [1.54, 1.807) is 6.92 Å². The van der Waals surface area contributed by atoms with E-state index in [2.05, 4.69) is 13.5 Å². The Kier molecular flexibility index (Phi) is 14.1. The second-order valence-corrected chi connectivity index (χ2v) is 19.5. The summed E-state index contributed by atoms with van der Waals surface area (Å²) in [7, 11) is 0. The van der Waals surface area contributed by atoms with Crippen molar-refractivity contribution in [2.45, 2.75) is 176 Å². The molecule has 19 heteroatoms. The Morgan fingerprint density at radius 3 is 1.98 bits per heavy atom. The molecule has 0 aromatic rings.